The lowest BCUT2D eigenvalue weighted by molar-refractivity contribution is 0.155. The maximum atomic E-state index is 9.38. The zero-order valence-corrected chi connectivity index (χ0v) is 10.4. The molecule has 1 fully saturated rings. The van der Waals surface area contributed by atoms with Crippen LogP contribution in [0.3, 0.4) is 0 Å². The molecule has 0 aliphatic carbocycles. The first-order valence-corrected chi connectivity index (χ1v) is 6.44. The van der Waals surface area contributed by atoms with E-state index in [1.165, 1.54) is 5.56 Å². The maximum Gasteiger partial charge on any atom is 0.0475 e. The van der Waals surface area contributed by atoms with Crippen molar-refractivity contribution < 1.29 is 5.11 Å². The first-order valence-electron chi connectivity index (χ1n) is 6.44. The van der Waals surface area contributed by atoms with Gasteiger partial charge in [-0.25, -0.2) is 0 Å². The zero-order chi connectivity index (χ0) is 12.1. The Hall–Kier alpha value is -0.900. The Labute approximate surface area is 103 Å². The van der Waals surface area contributed by atoms with Crippen LogP contribution in [0, 0.1) is 5.92 Å². The molecule has 0 unspecified atom stereocenters. The Bertz CT molecular complexity index is 328. The highest BCUT2D eigenvalue weighted by molar-refractivity contribution is 5.18. The van der Waals surface area contributed by atoms with Crippen molar-refractivity contribution >= 4 is 0 Å². The van der Waals surface area contributed by atoms with E-state index >= 15 is 0 Å². The zero-order valence-electron chi connectivity index (χ0n) is 10.4. The molecule has 1 saturated heterocycles. The van der Waals surface area contributed by atoms with E-state index in [1.54, 1.807) is 0 Å². The van der Waals surface area contributed by atoms with E-state index in [-0.39, 0.29) is 6.61 Å². The standard InChI is InChI=1S/C14H22N2O/c1-11(12-5-3-2-4-6-12)16-14-9-15-8-7-13(14)10-17/h2-6,11,13-17H,7-10H2,1H3/t11-,13-,14-/m0/s1. The molecule has 0 aromatic heterocycles. The van der Waals surface area contributed by atoms with Crippen molar-refractivity contribution in [3.8, 4) is 0 Å². The van der Waals surface area contributed by atoms with Crippen molar-refractivity contribution in [3.05, 3.63) is 35.9 Å². The second-order valence-corrected chi connectivity index (χ2v) is 4.84. The Morgan fingerprint density at radius 2 is 2.18 bits per heavy atom. The van der Waals surface area contributed by atoms with Crippen molar-refractivity contribution in [2.75, 3.05) is 19.7 Å². The van der Waals surface area contributed by atoms with Gasteiger partial charge in [-0.15, -0.1) is 0 Å². The summed E-state index contributed by atoms with van der Waals surface area (Å²) in [5.74, 6) is 0.377. The van der Waals surface area contributed by atoms with Gasteiger partial charge in [0.15, 0.2) is 0 Å². The quantitative estimate of drug-likeness (QED) is 0.736. The summed E-state index contributed by atoms with van der Waals surface area (Å²) in [5, 5.41) is 16.4. The summed E-state index contributed by atoms with van der Waals surface area (Å²) in [6, 6.07) is 11.1. The van der Waals surface area contributed by atoms with E-state index < -0.39 is 0 Å². The van der Waals surface area contributed by atoms with E-state index in [1.807, 2.05) is 6.07 Å². The number of aliphatic hydroxyl groups excluding tert-OH is 1. The van der Waals surface area contributed by atoms with E-state index in [9.17, 15) is 5.11 Å². The average molecular weight is 234 g/mol. The predicted molar refractivity (Wildman–Crippen MR) is 69.8 cm³/mol. The van der Waals surface area contributed by atoms with Crippen LogP contribution in [-0.2, 0) is 0 Å². The molecule has 1 aliphatic rings. The normalized spacial score (nSPS) is 26.7. The SMILES string of the molecule is C[C@H](N[C@H]1CNCC[C@H]1CO)c1ccccc1. The highest BCUT2D eigenvalue weighted by atomic mass is 16.3. The van der Waals surface area contributed by atoms with Gasteiger partial charge in [-0.2, -0.15) is 0 Å². The number of hydrogen-bond donors (Lipinski definition) is 3. The second-order valence-electron chi connectivity index (χ2n) is 4.84. The highest BCUT2D eigenvalue weighted by Crippen LogP contribution is 2.17. The number of piperidine rings is 1. The van der Waals surface area contributed by atoms with Crippen molar-refractivity contribution in [1.29, 1.82) is 0 Å². The molecule has 0 amide bonds. The molecule has 3 atom stereocenters. The smallest absolute Gasteiger partial charge is 0.0475 e. The molecule has 1 heterocycles. The molecule has 1 aromatic carbocycles. The van der Waals surface area contributed by atoms with Crippen molar-refractivity contribution in [2.24, 2.45) is 5.92 Å². The molecule has 3 N–H and O–H groups in total. The molecule has 3 nitrogen and oxygen atoms in total. The topological polar surface area (TPSA) is 44.3 Å². The molecule has 0 radical (unpaired) electrons. The van der Waals surface area contributed by atoms with Crippen LogP contribution in [0.5, 0.6) is 0 Å². The maximum absolute atomic E-state index is 9.38. The van der Waals surface area contributed by atoms with Gasteiger partial charge in [-0.05, 0) is 31.4 Å². The number of hydrogen-bond acceptors (Lipinski definition) is 3. The Kier molecular flexibility index (Phi) is 4.54. The van der Waals surface area contributed by atoms with Gasteiger partial charge in [0.1, 0.15) is 0 Å². The van der Waals surface area contributed by atoms with Crippen LogP contribution >= 0.6 is 0 Å². The molecule has 94 valence electrons. The molecule has 1 aromatic rings. The summed E-state index contributed by atoms with van der Waals surface area (Å²) in [5.41, 5.74) is 1.30. The van der Waals surface area contributed by atoms with Crippen LogP contribution in [0.4, 0.5) is 0 Å². The van der Waals surface area contributed by atoms with Gasteiger partial charge < -0.3 is 15.7 Å². The fourth-order valence-electron chi connectivity index (χ4n) is 2.49. The molecule has 0 bridgehead atoms. The van der Waals surface area contributed by atoms with Gasteiger partial charge in [-0.3, -0.25) is 0 Å². The molecule has 3 heteroatoms. The molecule has 1 aliphatic heterocycles. The van der Waals surface area contributed by atoms with Gasteiger partial charge in [-0.1, -0.05) is 30.3 Å². The van der Waals surface area contributed by atoms with E-state index in [2.05, 4.69) is 41.8 Å². The molecular weight excluding hydrogens is 212 g/mol. The molecule has 0 spiro atoms. The largest absolute Gasteiger partial charge is 0.396 e. The van der Waals surface area contributed by atoms with Crippen molar-refractivity contribution in [2.45, 2.75) is 25.4 Å². The van der Waals surface area contributed by atoms with Crippen LogP contribution < -0.4 is 10.6 Å². The molecule has 0 saturated carbocycles. The minimum Gasteiger partial charge on any atom is -0.396 e. The van der Waals surface area contributed by atoms with Gasteiger partial charge in [0, 0.05) is 25.2 Å². The average Bonchev–Trinajstić information content (AvgIpc) is 2.40. The summed E-state index contributed by atoms with van der Waals surface area (Å²) in [7, 11) is 0. The first-order chi connectivity index (χ1) is 8.31. The van der Waals surface area contributed by atoms with Crippen LogP contribution in [0.1, 0.15) is 24.9 Å². The lowest BCUT2D eigenvalue weighted by Crippen LogP contribution is -2.50. The Balaban J connectivity index is 1.95. The van der Waals surface area contributed by atoms with Gasteiger partial charge in [0.25, 0.3) is 0 Å². The van der Waals surface area contributed by atoms with Gasteiger partial charge >= 0.3 is 0 Å². The fourth-order valence-corrected chi connectivity index (χ4v) is 2.49. The fraction of sp³-hybridized carbons (Fsp3) is 0.571. The minimum atomic E-state index is 0.279. The van der Waals surface area contributed by atoms with Crippen LogP contribution in [0.15, 0.2) is 30.3 Å². The molecule has 17 heavy (non-hydrogen) atoms. The summed E-state index contributed by atoms with van der Waals surface area (Å²) in [4.78, 5) is 0. The van der Waals surface area contributed by atoms with E-state index in [0.717, 1.165) is 19.5 Å². The third-order valence-electron chi connectivity index (χ3n) is 3.62. The van der Waals surface area contributed by atoms with Gasteiger partial charge in [0.2, 0.25) is 0 Å². The number of benzene rings is 1. The van der Waals surface area contributed by atoms with Crippen molar-refractivity contribution in [1.82, 2.24) is 10.6 Å². The third kappa shape index (κ3) is 3.28. The Morgan fingerprint density at radius 1 is 1.41 bits per heavy atom. The monoisotopic (exact) mass is 234 g/mol. The molecular formula is C14H22N2O. The predicted octanol–water partition coefficient (Wildman–Crippen LogP) is 1.31. The number of nitrogens with one attached hydrogen (secondary N) is 2. The van der Waals surface area contributed by atoms with Crippen LogP contribution in [0.2, 0.25) is 0 Å². The highest BCUT2D eigenvalue weighted by Gasteiger charge is 2.25. The van der Waals surface area contributed by atoms with Gasteiger partial charge in [0.05, 0.1) is 0 Å². The lowest BCUT2D eigenvalue weighted by atomic mass is 9.92. The first kappa shape index (κ1) is 12.6. The van der Waals surface area contributed by atoms with E-state index in [4.69, 9.17) is 0 Å². The second kappa shape index (κ2) is 6.15. The third-order valence-corrected chi connectivity index (χ3v) is 3.62. The Morgan fingerprint density at radius 3 is 2.88 bits per heavy atom. The van der Waals surface area contributed by atoms with E-state index in [0.29, 0.717) is 18.0 Å². The summed E-state index contributed by atoms with van der Waals surface area (Å²) < 4.78 is 0. The number of aliphatic hydroxyl groups is 1. The molecule has 2 rings (SSSR count). The van der Waals surface area contributed by atoms with Crippen LogP contribution in [0.25, 0.3) is 0 Å². The summed E-state index contributed by atoms with van der Waals surface area (Å²) in [6.07, 6.45) is 1.05. The van der Waals surface area contributed by atoms with Crippen molar-refractivity contribution in [3.63, 3.8) is 0 Å². The lowest BCUT2D eigenvalue weighted by Gasteiger charge is -2.34. The minimum absolute atomic E-state index is 0.279. The van der Waals surface area contributed by atoms with Crippen LogP contribution in [-0.4, -0.2) is 30.8 Å². The number of rotatable bonds is 4. The summed E-state index contributed by atoms with van der Waals surface area (Å²) >= 11 is 0. The summed E-state index contributed by atoms with van der Waals surface area (Å²) in [6.45, 7) is 4.42.